The molecule has 0 aromatic heterocycles. The molecule has 31 heavy (non-hydrogen) atoms. The maximum atomic E-state index is 14.2. The smallest absolute Gasteiger partial charge is 0.475 e. The summed E-state index contributed by atoms with van der Waals surface area (Å²) < 4.78 is 45.9. The van der Waals surface area contributed by atoms with Gasteiger partial charge in [0.05, 0.1) is 11.6 Å². The molecule has 0 spiro atoms. The Bertz CT molecular complexity index is 856. The van der Waals surface area contributed by atoms with Crippen LogP contribution in [0, 0.1) is 11.7 Å². The fourth-order valence-electron chi connectivity index (χ4n) is 2.85. The van der Waals surface area contributed by atoms with Crippen LogP contribution in [0.25, 0.3) is 0 Å². The number of piperidine rings is 1. The third-order valence-electron chi connectivity index (χ3n) is 4.48. The lowest BCUT2D eigenvalue weighted by atomic mass is 10.1. The fourth-order valence-corrected chi connectivity index (χ4v) is 2.85. The molecule has 2 aliphatic heterocycles. The van der Waals surface area contributed by atoms with Gasteiger partial charge < -0.3 is 21.1 Å². The lowest BCUT2D eigenvalue weighted by Crippen LogP contribution is -2.47. The van der Waals surface area contributed by atoms with Crippen LogP contribution in [0.5, 0.6) is 0 Å². The van der Waals surface area contributed by atoms with E-state index in [1.807, 2.05) is 0 Å². The molecule has 3 amide bonds. The summed E-state index contributed by atoms with van der Waals surface area (Å²) in [6.07, 6.45) is -3.74. The average Bonchev–Trinajstić information content (AvgIpc) is 3.21. The van der Waals surface area contributed by atoms with Crippen molar-refractivity contribution in [2.24, 2.45) is 5.92 Å². The Morgan fingerprint density at radius 1 is 1.16 bits per heavy atom. The number of rotatable bonds is 4. The predicted octanol–water partition coefficient (Wildman–Crippen LogP) is 1.22. The lowest BCUT2D eigenvalue weighted by Gasteiger charge is -2.23. The molecule has 1 aromatic rings. The van der Waals surface area contributed by atoms with Crippen LogP contribution in [0.15, 0.2) is 18.2 Å². The SMILES string of the molecule is O=C(O)C(F)(F)F.O=C1CCC(Nc2ccc(NC(=O)[C@H]3CCNC3)c(F)c2)C(=O)N1. The number of carbonyl (C=O) groups excluding carboxylic acids is 3. The summed E-state index contributed by atoms with van der Waals surface area (Å²) >= 11 is 0. The Hall–Kier alpha value is -3.22. The van der Waals surface area contributed by atoms with Crippen molar-refractivity contribution in [1.29, 1.82) is 0 Å². The minimum absolute atomic E-state index is 0.112. The van der Waals surface area contributed by atoms with E-state index in [9.17, 15) is 31.9 Å². The van der Waals surface area contributed by atoms with Crippen LogP contribution in [0.2, 0.25) is 0 Å². The molecule has 2 atom stereocenters. The molecule has 0 bridgehead atoms. The van der Waals surface area contributed by atoms with Gasteiger partial charge in [-0.2, -0.15) is 13.2 Å². The predicted molar refractivity (Wildman–Crippen MR) is 99.5 cm³/mol. The molecule has 3 rings (SSSR count). The van der Waals surface area contributed by atoms with E-state index in [0.717, 1.165) is 13.0 Å². The number of hydrogen-bond donors (Lipinski definition) is 5. The summed E-state index contributed by atoms with van der Waals surface area (Å²) in [5.41, 5.74) is 0.531. The quantitative estimate of drug-likeness (QED) is 0.345. The van der Waals surface area contributed by atoms with Crippen molar-refractivity contribution >= 4 is 35.1 Å². The first-order chi connectivity index (χ1) is 14.5. The number of alkyl halides is 3. The standard InChI is InChI=1S/C16H19FN4O3.C2HF3O2/c17-11-7-10(19-13-3-4-14(22)21-16(13)24)1-2-12(11)20-15(23)9-5-6-18-8-9;3-2(4,5)1(6)7/h1-2,7,9,13,18-19H,3-6,8H2,(H,20,23)(H,21,22,24);(H,6,7)/t9-,13?;/m0./s1. The van der Waals surface area contributed by atoms with Crippen molar-refractivity contribution in [3.8, 4) is 0 Å². The molecule has 0 radical (unpaired) electrons. The average molecular weight is 448 g/mol. The van der Waals surface area contributed by atoms with E-state index in [4.69, 9.17) is 9.90 Å². The molecule has 0 aliphatic carbocycles. The number of hydrogen-bond acceptors (Lipinski definition) is 6. The second kappa shape index (κ2) is 10.2. The Morgan fingerprint density at radius 2 is 1.84 bits per heavy atom. The van der Waals surface area contributed by atoms with Crippen LogP contribution < -0.4 is 21.3 Å². The number of benzene rings is 1. The van der Waals surface area contributed by atoms with Gasteiger partial charge in [0.1, 0.15) is 11.9 Å². The zero-order valence-corrected chi connectivity index (χ0v) is 16.0. The van der Waals surface area contributed by atoms with Gasteiger partial charge in [0.15, 0.2) is 0 Å². The van der Waals surface area contributed by atoms with E-state index in [0.29, 0.717) is 18.7 Å². The van der Waals surface area contributed by atoms with Gasteiger partial charge in [-0.3, -0.25) is 19.7 Å². The van der Waals surface area contributed by atoms with Gasteiger partial charge in [0, 0.05) is 18.7 Å². The van der Waals surface area contributed by atoms with Crippen LogP contribution in [-0.4, -0.2) is 54.1 Å². The number of carboxylic acids is 1. The second-order valence-corrected chi connectivity index (χ2v) is 6.82. The van der Waals surface area contributed by atoms with Crippen molar-refractivity contribution in [3.63, 3.8) is 0 Å². The van der Waals surface area contributed by atoms with E-state index in [1.165, 1.54) is 12.1 Å². The molecule has 1 aromatic carbocycles. The van der Waals surface area contributed by atoms with E-state index in [1.54, 1.807) is 6.07 Å². The van der Waals surface area contributed by atoms with Gasteiger partial charge in [-0.25, -0.2) is 9.18 Å². The number of aliphatic carboxylic acids is 1. The number of carbonyl (C=O) groups is 4. The highest BCUT2D eigenvalue weighted by Gasteiger charge is 2.38. The van der Waals surface area contributed by atoms with Crippen LogP contribution in [0.3, 0.4) is 0 Å². The maximum Gasteiger partial charge on any atom is 0.490 e. The molecule has 2 saturated heterocycles. The molecule has 170 valence electrons. The van der Waals surface area contributed by atoms with E-state index >= 15 is 0 Å². The third kappa shape index (κ3) is 7.20. The summed E-state index contributed by atoms with van der Waals surface area (Å²) in [4.78, 5) is 43.7. The number of amides is 3. The normalized spacial score (nSPS) is 20.9. The molecular formula is C18H20F4N4O5. The second-order valence-electron chi connectivity index (χ2n) is 6.82. The highest BCUT2D eigenvalue weighted by atomic mass is 19.4. The number of halogens is 4. The first-order valence-electron chi connectivity index (χ1n) is 9.19. The Balaban J connectivity index is 0.000000423. The van der Waals surface area contributed by atoms with E-state index in [-0.39, 0.29) is 29.8 Å². The Morgan fingerprint density at radius 3 is 2.35 bits per heavy atom. The minimum atomic E-state index is -5.08. The summed E-state index contributed by atoms with van der Waals surface area (Å²) in [7, 11) is 0. The largest absolute Gasteiger partial charge is 0.490 e. The number of carboxylic acid groups (broad SMARTS) is 1. The van der Waals surface area contributed by atoms with Crippen molar-refractivity contribution in [2.75, 3.05) is 23.7 Å². The van der Waals surface area contributed by atoms with Crippen molar-refractivity contribution in [3.05, 3.63) is 24.0 Å². The molecule has 5 N–H and O–H groups in total. The zero-order chi connectivity index (χ0) is 23.2. The topological polar surface area (TPSA) is 137 Å². The van der Waals surface area contributed by atoms with E-state index in [2.05, 4.69) is 21.3 Å². The third-order valence-corrected chi connectivity index (χ3v) is 4.48. The fraction of sp³-hybridized carbons (Fsp3) is 0.444. The van der Waals surface area contributed by atoms with Gasteiger partial charge >= 0.3 is 12.1 Å². The van der Waals surface area contributed by atoms with E-state index < -0.39 is 29.9 Å². The van der Waals surface area contributed by atoms with Crippen LogP contribution in [0.1, 0.15) is 19.3 Å². The lowest BCUT2D eigenvalue weighted by molar-refractivity contribution is -0.192. The molecule has 13 heteroatoms. The minimum Gasteiger partial charge on any atom is -0.475 e. The number of nitrogens with one attached hydrogen (secondary N) is 4. The van der Waals surface area contributed by atoms with Crippen molar-refractivity contribution in [1.82, 2.24) is 10.6 Å². The highest BCUT2D eigenvalue weighted by molar-refractivity contribution is 6.01. The zero-order valence-electron chi connectivity index (χ0n) is 16.0. The molecule has 9 nitrogen and oxygen atoms in total. The molecule has 0 saturated carbocycles. The summed E-state index contributed by atoms with van der Waals surface area (Å²) in [5, 5.41) is 17.9. The van der Waals surface area contributed by atoms with Gasteiger partial charge in [-0.05, 0) is 37.6 Å². The first kappa shape index (κ1) is 24.1. The van der Waals surface area contributed by atoms with Gasteiger partial charge in [0.25, 0.3) is 0 Å². The molecule has 2 aliphatic rings. The van der Waals surface area contributed by atoms with Gasteiger partial charge in [0.2, 0.25) is 17.7 Å². The maximum absolute atomic E-state index is 14.2. The van der Waals surface area contributed by atoms with Crippen molar-refractivity contribution < 1.29 is 41.8 Å². The van der Waals surface area contributed by atoms with Crippen LogP contribution in [-0.2, 0) is 19.2 Å². The Labute approximate surface area is 173 Å². The number of anilines is 2. The Kier molecular flexibility index (Phi) is 7.91. The van der Waals surface area contributed by atoms with Crippen LogP contribution >= 0.6 is 0 Å². The van der Waals surface area contributed by atoms with Crippen molar-refractivity contribution in [2.45, 2.75) is 31.5 Å². The summed E-state index contributed by atoms with van der Waals surface area (Å²) in [6, 6.07) is 3.71. The number of imide groups is 1. The highest BCUT2D eigenvalue weighted by Crippen LogP contribution is 2.22. The summed E-state index contributed by atoms with van der Waals surface area (Å²) in [5.74, 6) is -4.41. The van der Waals surface area contributed by atoms with Crippen LogP contribution in [0.4, 0.5) is 28.9 Å². The molecule has 2 fully saturated rings. The monoisotopic (exact) mass is 448 g/mol. The molecular weight excluding hydrogens is 428 g/mol. The first-order valence-corrected chi connectivity index (χ1v) is 9.19. The molecule has 1 unspecified atom stereocenters. The van der Waals surface area contributed by atoms with Gasteiger partial charge in [-0.15, -0.1) is 0 Å². The van der Waals surface area contributed by atoms with Gasteiger partial charge in [-0.1, -0.05) is 0 Å². The summed E-state index contributed by atoms with van der Waals surface area (Å²) in [6.45, 7) is 1.39. The molecule has 2 heterocycles.